The van der Waals surface area contributed by atoms with E-state index in [0.29, 0.717) is 19.4 Å². The van der Waals surface area contributed by atoms with Crippen molar-refractivity contribution < 1.29 is 4.79 Å². The number of fused-ring (bicyclic) bond motifs is 1. The molecule has 6 nitrogen and oxygen atoms in total. The van der Waals surface area contributed by atoms with Gasteiger partial charge in [0.25, 0.3) is 0 Å². The fourth-order valence-electron chi connectivity index (χ4n) is 2.86. The Hall–Kier alpha value is -3.41. The van der Waals surface area contributed by atoms with Gasteiger partial charge in [-0.15, -0.1) is 0 Å². The Morgan fingerprint density at radius 1 is 1.04 bits per heavy atom. The molecule has 0 atom stereocenters. The second-order valence-electron chi connectivity index (χ2n) is 6.10. The lowest BCUT2D eigenvalue weighted by molar-refractivity contribution is -0.120. The molecule has 0 spiro atoms. The first-order valence-corrected chi connectivity index (χ1v) is 8.56. The number of rotatable bonds is 6. The van der Waals surface area contributed by atoms with Gasteiger partial charge in [0.05, 0.1) is 24.0 Å². The van der Waals surface area contributed by atoms with Gasteiger partial charge in [0.2, 0.25) is 5.91 Å². The Bertz CT molecular complexity index is 986. The van der Waals surface area contributed by atoms with Crippen LogP contribution in [0, 0.1) is 0 Å². The average Bonchev–Trinajstić information content (AvgIpc) is 3.29. The Balaban J connectivity index is 1.29. The van der Waals surface area contributed by atoms with Gasteiger partial charge in [0, 0.05) is 31.6 Å². The third-order valence-corrected chi connectivity index (χ3v) is 4.14. The van der Waals surface area contributed by atoms with E-state index in [9.17, 15) is 4.79 Å². The van der Waals surface area contributed by atoms with Crippen LogP contribution >= 0.6 is 0 Å². The summed E-state index contributed by atoms with van der Waals surface area (Å²) in [5.41, 5.74) is 3.75. The number of pyridine rings is 1. The van der Waals surface area contributed by atoms with E-state index in [1.165, 1.54) is 0 Å². The maximum absolute atomic E-state index is 12.1. The lowest BCUT2D eigenvalue weighted by Gasteiger charge is -2.02. The van der Waals surface area contributed by atoms with Crippen LogP contribution in [-0.2, 0) is 17.6 Å². The number of amides is 1. The Kier molecular flexibility index (Phi) is 4.47. The van der Waals surface area contributed by atoms with Crippen molar-refractivity contribution in [2.24, 2.45) is 0 Å². The van der Waals surface area contributed by atoms with E-state index in [-0.39, 0.29) is 5.91 Å². The molecular formula is C20H19N5O. The number of hydrogen-bond acceptors (Lipinski definition) is 3. The van der Waals surface area contributed by atoms with Gasteiger partial charge in [-0.1, -0.05) is 24.3 Å². The number of imidazole rings is 1. The molecule has 6 heteroatoms. The molecule has 0 aliphatic heterocycles. The number of para-hydroxylation sites is 1. The lowest BCUT2D eigenvalue weighted by atomic mass is 10.2. The van der Waals surface area contributed by atoms with Crippen LogP contribution in [0.15, 0.2) is 73.3 Å². The molecule has 0 bridgehead atoms. The van der Waals surface area contributed by atoms with E-state index < -0.39 is 0 Å². The number of hydrogen-bond donors (Lipinski definition) is 1. The van der Waals surface area contributed by atoms with E-state index in [2.05, 4.69) is 15.4 Å². The minimum atomic E-state index is -0.0126. The maximum atomic E-state index is 12.1. The van der Waals surface area contributed by atoms with Gasteiger partial charge >= 0.3 is 0 Å². The molecule has 0 aliphatic rings. The summed E-state index contributed by atoms with van der Waals surface area (Å²) in [6.45, 7) is 0.565. The predicted molar refractivity (Wildman–Crippen MR) is 99.2 cm³/mol. The molecular weight excluding hydrogens is 326 g/mol. The molecule has 0 saturated carbocycles. The zero-order valence-electron chi connectivity index (χ0n) is 14.2. The van der Waals surface area contributed by atoms with E-state index >= 15 is 0 Å². The lowest BCUT2D eigenvalue weighted by Crippen LogP contribution is -2.27. The second-order valence-corrected chi connectivity index (χ2v) is 6.10. The number of carbonyl (C=O) groups is 1. The summed E-state index contributed by atoms with van der Waals surface area (Å²) >= 11 is 0. The van der Waals surface area contributed by atoms with Crippen molar-refractivity contribution in [3.63, 3.8) is 0 Å². The Morgan fingerprint density at radius 3 is 2.73 bits per heavy atom. The van der Waals surface area contributed by atoms with Gasteiger partial charge in [0.15, 0.2) is 0 Å². The first kappa shape index (κ1) is 16.1. The van der Waals surface area contributed by atoms with Crippen molar-refractivity contribution in [3.05, 3.63) is 84.6 Å². The van der Waals surface area contributed by atoms with Crippen LogP contribution in [0.25, 0.3) is 11.3 Å². The largest absolute Gasteiger partial charge is 0.355 e. The molecule has 4 rings (SSSR count). The summed E-state index contributed by atoms with van der Waals surface area (Å²) in [6, 6.07) is 15.7. The SMILES string of the molecule is O=C(Cc1cnn(-c2ccccc2)c1)NCCc1cn2ccccc2n1. The zero-order valence-corrected chi connectivity index (χ0v) is 14.2. The smallest absolute Gasteiger partial charge is 0.224 e. The zero-order chi connectivity index (χ0) is 17.8. The van der Waals surface area contributed by atoms with Crippen molar-refractivity contribution in [2.75, 3.05) is 6.54 Å². The van der Waals surface area contributed by atoms with Crippen LogP contribution in [0.4, 0.5) is 0 Å². The first-order valence-electron chi connectivity index (χ1n) is 8.56. The van der Waals surface area contributed by atoms with E-state index in [4.69, 9.17) is 0 Å². The highest BCUT2D eigenvalue weighted by Crippen LogP contribution is 2.08. The van der Waals surface area contributed by atoms with Crippen LogP contribution < -0.4 is 5.32 Å². The molecule has 1 N–H and O–H groups in total. The fourth-order valence-corrected chi connectivity index (χ4v) is 2.86. The number of aromatic nitrogens is 4. The molecule has 0 aliphatic carbocycles. The molecule has 0 saturated heterocycles. The number of nitrogens with zero attached hydrogens (tertiary/aromatic N) is 4. The normalized spacial score (nSPS) is 10.9. The molecule has 0 fully saturated rings. The van der Waals surface area contributed by atoms with Gasteiger partial charge in [-0.25, -0.2) is 9.67 Å². The highest BCUT2D eigenvalue weighted by Gasteiger charge is 2.07. The predicted octanol–water partition coefficient (Wildman–Crippen LogP) is 2.42. The summed E-state index contributed by atoms with van der Waals surface area (Å²) in [5, 5.41) is 7.26. The van der Waals surface area contributed by atoms with Gasteiger partial charge in [0.1, 0.15) is 5.65 Å². The van der Waals surface area contributed by atoms with Crippen molar-refractivity contribution in [2.45, 2.75) is 12.8 Å². The van der Waals surface area contributed by atoms with Crippen molar-refractivity contribution in [1.82, 2.24) is 24.5 Å². The van der Waals surface area contributed by atoms with Gasteiger partial charge in [-0.2, -0.15) is 5.10 Å². The van der Waals surface area contributed by atoms with Gasteiger partial charge in [-0.3, -0.25) is 4.79 Å². The Labute approximate surface area is 151 Å². The molecule has 0 radical (unpaired) electrons. The molecule has 26 heavy (non-hydrogen) atoms. The van der Waals surface area contributed by atoms with Crippen LogP contribution in [-0.4, -0.2) is 31.6 Å². The molecule has 3 aromatic heterocycles. The fraction of sp³-hybridized carbons (Fsp3) is 0.150. The van der Waals surface area contributed by atoms with Crippen LogP contribution in [0.5, 0.6) is 0 Å². The van der Waals surface area contributed by atoms with Crippen molar-refractivity contribution in [3.8, 4) is 5.69 Å². The average molecular weight is 345 g/mol. The third-order valence-electron chi connectivity index (χ3n) is 4.14. The molecule has 130 valence electrons. The monoisotopic (exact) mass is 345 g/mol. The summed E-state index contributed by atoms with van der Waals surface area (Å²) in [6.07, 6.45) is 8.60. The first-order chi connectivity index (χ1) is 12.8. The molecule has 1 aromatic carbocycles. The molecule has 0 unspecified atom stereocenters. The second kappa shape index (κ2) is 7.23. The van der Waals surface area contributed by atoms with Gasteiger partial charge in [-0.05, 0) is 29.8 Å². The van der Waals surface area contributed by atoms with E-state index in [0.717, 1.165) is 22.6 Å². The quantitative estimate of drug-likeness (QED) is 0.584. The standard InChI is InChI=1S/C20H19N5O/c26-20(12-16-13-22-25(14-16)18-6-2-1-3-7-18)21-10-9-17-15-24-11-5-4-8-19(24)23-17/h1-8,11,13-15H,9-10,12H2,(H,21,26). The van der Waals surface area contributed by atoms with Crippen molar-refractivity contribution >= 4 is 11.6 Å². The van der Waals surface area contributed by atoms with Crippen LogP contribution in [0.3, 0.4) is 0 Å². The molecule has 1 amide bonds. The highest BCUT2D eigenvalue weighted by molar-refractivity contribution is 5.78. The highest BCUT2D eigenvalue weighted by atomic mass is 16.1. The summed E-state index contributed by atoms with van der Waals surface area (Å²) in [4.78, 5) is 16.7. The van der Waals surface area contributed by atoms with Crippen molar-refractivity contribution in [1.29, 1.82) is 0 Å². The maximum Gasteiger partial charge on any atom is 0.224 e. The number of nitrogens with one attached hydrogen (secondary N) is 1. The van der Waals surface area contributed by atoms with Gasteiger partial charge < -0.3 is 9.72 Å². The van der Waals surface area contributed by atoms with E-state index in [1.807, 2.05) is 71.5 Å². The van der Waals surface area contributed by atoms with E-state index in [1.54, 1.807) is 10.9 Å². The topological polar surface area (TPSA) is 64.2 Å². The van der Waals surface area contributed by atoms with Crippen LogP contribution in [0.1, 0.15) is 11.3 Å². The Morgan fingerprint density at radius 2 is 1.88 bits per heavy atom. The molecule has 4 aromatic rings. The summed E-state index contributed by atoms with van der Waals surface area (Å²) < 4.78 is 3.76. The minimum absolute atomic E-state index is 0.0126. The summed E-state index contributed by atoms with van der Waals surface area (Å²) in [5.74, 6) is -0.0126. The number of benzene rings is 1. The number of carbonyl (C=O) groups excluding carboxylic acids is 1. The van der Waals surface area contributed by atoms with Crippen LogP contribution in [0.2, 0.25) is 0 Å². The summed E-state index contributed by atoms with van der Waals surface area (Å²) in [7, 11) is 0. The third kappa shape index (κ3) is 3.64. The minimum Gasteiger partial charge on any atom is -0.355 e. The molecule has 3 heterocycles.